The standard InChI is InChI=1S/C83H66/c1-47-38-67-68(39-48(47)2)78(64-24-15-14-23-63(64)77(67)51-20-12-11-13-21-51)55-31-36-61-59-33-28-52(42-72(59)82(7,8)75(61)45-55)53-29-34-60-62-37-32-56(46-76(62)83(9,10)73(60)43-53)80-66-26-17-16-25-65(66)79(69-40-49(3)50(4)41-70(69)80)54-30-35-58-57-22-18-19-27-71(57)81(5,6)74(58)44-54/h11-46H,1-10H3. The number of fused-ring (bicyclic) bond motifs is 13. The molecule has 0 aliphatic heterocycles. The molecule has 3 aliphatic carbocycles. The van der Waals surface area contributed by atoms with Gasteiger partial charge in [-0.25, -0.2) is 0 Å². The van der Waals surface area contributed by atoms with Crippen molar-refractivity contribution in [1.82, 2.24) is 0 Å². The fraction of sp³-hybridized carbons (Fsp3) is 0.157. The molecule has 0 unspecified atom stereocenters. The molecule has 0 amide bonds. The van der Waals surface area contributed by atoms with Gasteiger partial charge in [0.25, 0.3) is 0 Å². The molecule has 0 saturated heterocycles. The maximum Gasteiger partial charge on any atom is 0.0159 e. The maximum atomic E-state index is 2.54. The third-order valence-corrected chi connectivity index (χ3v) is 20.5. The Morgan fingerprint density at radius 3 is 0.795 bits per heavy atom. The van der Waals surface area contributed by atoms with E-state index in [2.05, 4.69) is 288 Å². The van der Waals surface area contributed by atoms with Crippen molar-refractivity contribution in [2.45, 2.75) is 85.5 Å². The second-order valence-corrected chi connectivity index (χ2v) is 26.1. The quantitative estimate of drug-likeness (QED) is 0.151. The second-order valence-electron chi connectivity index (χ2n) is 26.1. The lowest BCUT2D eigenvalue weighted by Crippen LogP contribution is -2.15. The normalized spacial score (nSPS) is 14.7. The average Bonchev–Trinajstić information content (AvgIpc) is 3.34. The average molecular weight is 1060 g/mol. The van der Waals surface area contributed by atoms with Gasteiger partial charge in [0.1, 0.15) is 0 Å². The molecule has 16 rings (SSSR count). The summed E-state index contributed by atoms with van der Waals surface area (Å²) in [5.74, 6) is 0. The highest BCUT2D eigenvalue weighted by molar-refractivity contribution is 6.23. The van der Waals surface area contributed by atoms with Gasteiger partial charge in [0.05, 0.1) is 0 Å². The van der Waals surface area contributed by atoms with Gasteiger partial charge in [-0.15, -0.1) is 0 Å². The predicted molar refractivity (Wildman–Crippen MR) is 355 cm³/mol. The third-order valence-electron chi connectivity index (χ3n) is 20.5. The zero-order valence-corrected chi connectivity index (χ0v) is 49.3. The molecule has 398 valence electrons. The maximum absolute atomic E-state index is 2.54. The van der Waals surface area contributed by atoms with Crippen molar-refractivity contribution >= 4 is 43.1 Å². The van der Waals surface area contributed by atoms with Crippen molar-refractivity contribution in [3.05, 3.63) is 274 Å². The number of hydrogen-bond acceptors (Lipinski definition) is 0. The van der Waals surface area contributed by atoms with Gasteiger partial charge in [-0.1, -0.05) is 230 Å². The highest BCUT2D eigenvalue weighted by Crippen LogP contribution is 2.56. The Morgan fingerprint density at radius 1 is 0.193 bits per heavy atom. The van der Waals surface area contributed by atoms with E-state index in [-0.39, 0.29) is 16.2 Å². The molecule has 0 bridgehead atoms. The Hall–Kier alpha value is -9.10. The van der Waals surface area contributed by atoms with E-state index in [0.29, 0.717) is 0 Å². The van der Waals surface area contributed by atoms with Crippen LogP contribution in [0.1, 0.15) is 97.2 Å². The summed E-state index contributed by atoms with van der Waals surface area (Å²) in [6, 6.07) is 84.4. The van der Waals surface area contributed by atoms with Gasteiger partial charge in [-0.3, -0.25) is 0 Å². The predicted octanol–water partition coefficient (Wildman–Crippen LogP) is 22.8. The summed E-state index contributed by atoms with van der Waals surface area (Å²) in [5, 5.41) is 10.4. The molecule has 83 heavy (non-hydrogen) atoms. The van der Waals surface area contributed by atoms with Gasteiger partial charge in [0, 0.05) is 16.2 Å². The number of hydrogen-bond donors (Lipinski definition) is 0. The lowest BCUT2D eigenvalue weighted by Gasteiger charge is -2.25. The van der Waals surface area contributed by atoms with Crippen LogP contribution in [0.15, 0.2) is 218 Å². The molecule has 3 aliphatic rings. The summed E-state index contributed by atoms with van der Waals surface area (Å²) in [7, 11) is 0. The van der Waals surface area contributed by atoms with E-state index < -0.39 is 0 Å². The largest absolute Gasteiger partial charge is 0.0622 e. The monoisotopic (exact) mass is 1060 g/mol. The van der Waals surface area contributed by atoms with Crippen LogP contribution in [0.3, 0.4) is 0 Å². The summed E-state index contributed by atoms with van der Waals surface area (Å²) >= 11 is 0. The van der Waals surface area contributed by atoms with Crippen LogP contribution in [0.25, 0.3) is 132 Å². The number of rotatable bonds is 5. The van der Waals surface area contributed by atoms with Crippen LogP contribution in [0, 0.1) is 27.7 Å². The first kappa shape index (κ1) is 49.7. The van der Waals surface area contributed by atoms with E-state index in [1.165, 1.54) is 188 Å². The van der Waals surface area contributed by atoms with Crippen LogP contribution in [0.5, 0.6) is 0 Å². The first-order valence-electron chi connectivity index (χ1n) is 29.9. The van der Waals surface area contributed by atoms with Gasteiger partial charge >= 0.3 is 0 Å². The van der Waals surface area contributed by atoms with E-state index in [1.54, 1.807) is 0 Å². The minimum absolute atomic E-state index is 0.0878. The van der Waals surface area contributed by atoms with Gasteiger partial charge < -0.3 is 0 Å². The van der Waals surface area contributed by atoms with Gasteiger partial charge in [-0.05, 0) is 246 Å². The Bertz CT molecular complexity index is 5010. The fourth-order valence-corrected chi connectivity index (χ4v) is 15.7. The van der Waals surface area contributed by atoms with E-state index in [0.717, 1.165) is 0 Å². The lowest BCUT2D eigenvalue weighted by atomic mass is 9.78. The Balaban J connectivity index is 0.773. The molecule has 0 spiro atoms. The zero-order chi connectivity index (χ0) is 56.6. The number of benzene rings is 13. The van der Waals surface area contributed by atoms with Gasteiger partial charge in [0.15, 0.2) is 0 Å². The molecule has 0 heterocycles. The van der Waals surface area contributed by atoms with E-state index >= 15 is 0 Å². The summed E-state index contributed by atoms with van der Waals surface area (Å²) in [6.45, 7) is 23.6. The number of aryl methyl sites for hydroxylation is 4. The second kappa shape index (κ2) is 17.5. The molecule has 13 aromatic carbocycles. The zero-order valence-electron chi connectivity index (χ0n) is 49.3. The molecule has 0 radical (unpaired) electrons. The van der Waals surface area contributed by atoms with Crippen LogP contribution >= 0.6 is 0 Å². The lowest BCUT2D eigenvalue weighted by molar-refractivity contribution is 0.660. The van der Waals surface area contributed by atoms with Crippen LogP contribution in [0.2, 0.25) is 0 Å². The molecule has 0 saturated carbocycles. The summed E-state index contributed by atoms with van der Waals surface area (Å²) in [4.78, 5) is 0. The molecule has 0 aromatic heterocycles. The highest BCUT2D eigenvalue weighted by atomic mass is 14.4. The first-order valence-corrected chi connectivity index (χ1v) is 29.9. The summed E-state index contributed by atoms with van der Waals surface area (Å²) < 4.78 is 0. The van der Waals surface area contributed by atoms with E-state index in [9.17, 15) is 0 Å². The highest BCUT2D eigenvalue weighted by Gasteiger charge is 2.39. The topological polar surface area (TPSA) is 0 Å². The summed E-state index contributed by atoms with van der Waals surface area (Å²) in [6.07, 6.45) is 0. The van der Waals surface area contributed by atoms with Crippen LogP contribution in [-0.2, 0) is 16.2 Å². The van der Waals surface area contributed by atoms with Gasteiger partial charge in [0.2, 0.25) is 0 Å². The van der Waals surface area contributed by atoms with Crippen molar-refractivity contribution in [3.8, 4) is 89.0 Å². The first-order chi connectivity index (χ1) is 40.1. The van der Waals surface area contributed by atoms with Crippen LogP contribution in [-0.4, -0.2) is 0 Å². The molecular formula is C83H66. The molecule has 0 atom stereocenters. The van der Waals surface area contributed by atoms with E-state index in [4.69, 9.17) is 0 Å². The van der Waals surface area contributed by atoms with Crippen molar-refractivity contribution in [2.75, 3.05) is 0 Å². The fourth-order valence-electron chi connectivity index (χ4n) is 15.7. The molecule has 0 heteroatoms. The molecule has 0 nitrogen and oxygen atoms in total. The molecule has 0 N–H and O–H groups in total. The van der Waals surface area contributed by atoms with Crippen LogP contribution < -0.4 is 0 Å². The SMILES string of the molecule is Cc1cc2c(-c3ccccc3)c3ccccc3c(-c3ccc4c(c3)C(C)(C)c3cc(-c5ccc6c(c5)C(C)(C)c5cc(-c7c8ccccc8c(-c8ccc9c(c8)C(C)(C)c8ccccc8-9)c8cc(C)c(C)cc78)ccc5-6)ccc3-4)c2cc1C. The molecule has 0 fully saturated rings. The Morgan fingerprint density at radius 2 is 0.446 bits per heavy atom. The smallest absolute Gasteiger partial charge is 0.0159 e. The van der Waals surface area contributed by atoms with Crippen molar-refractivity contribution in [1.29, 1.82) is 0 Å². The summed E-state index contributed by atoms with van der Waals surface area (Å²) in [5.41, 5.74) is 34.0. The minimum atomic E-state index is -0.225. The minimum Gasteiger partial charge on any atom is -0.0622 e. The van der Waals surface area contributed by atoms with Crippen molar-refractivity contribution < 1.29 is 0 Å². The van der Waals surface area contributed by atoms with Crippen molar-refractivity contribution in [3.63, 3.8) is 0 Å². The van der Waals surface area contributed by atoms with Gasteiger partial charge in [-0.2, -0.15) is 0 Å². The Labute approximate surface area is 488 Å². The molecule has 13 aromatic rings. The van der Waals surface area contributed by atoms with Crippen molar-refractivity contribution in [2.24, 2.45) is 0 Å². The third kappa shape index (κ3) is 6.99. The Kier molecular flexibility index (Phi) is 10.5. The van der Waals surface area contributed by atoms with Crippen LogP contribution in [0.4, 0.5) is 0 Å². The molecular weight excluding hydrogens is 997 g/mol. The van der Waals surface area contributed by atoms with E-state index in [1.807, 2.05) is 0 Å².